The minimum absolute atomic E-state index is 0.411. The lowest BCUT2D eigenvalue weighted by molar-refractivity contribution is 0.112. The van der Waals surface area contributed by atoms with Crippen molar-refractivity contribution in [1.29, 1.82) is 0 Å². The maximum absolute atomic E-state index is 11.7. The van der Waals surface area contributed by atoms with Gasteiger partial charge in [0.2, 0.25) is 0 Å². The van der Waals surface area contributed by atoms with E-state index in [1.165, 1.54) is 28.1 Å². The average Bonchev–Trinajstić information content (AvgIpc) is 2.79. The molecule has 0 bridgehead atoms. The zero-order valence-electron chi connectivity index (χ0n) is 15.9. The van der Waals surface area contributed by atoms with Gasteiger partial charge in [-0.15, -0.1) is 0 Å². The molecule has 2 heteroatoms. The third-order valence-corrected chi connectivity index (χ3v) is 6.21. The van der Waals surface area contributed by atoms with Gasteiger partial charge in [0.05, 0.1) is 11.4 Å². The number of hydrogen-bond acceptors (Lipinski definition) is 2. The Morgan fingerprint density at radius 2 is 1.76 bits per heavy atom. The number of carbonyl (C=O) groups is 1. The second-order valence-corrected chi connectivity index (χ2v) is 7.75. The summed E-state index contributed by atoms with van der Waals surface area (Å²) in [7, 11) is 0. The van der Waals surface area contributed by atoms with Gasteiger partial charge in [0.15, 0.2) is 6.29 Å². The van der Waals surface area contributed by atoms with Crippen LogP contribution in [0, 0.1) is 5.92 Å². The van der Waals surface area contributed by atoms with Gasteiger partial charge in [0.1, 0.15) is 0 Å². The fourth-order valence-electron chi connectivity index (χ4n) is 4.88. The van der Waals surface area contributed by atoms with Gasteiger partial charge in [-0.2, -0.15) is 0 Å². The molecule has 1 atom stereocenters. The Morgan fingerprint density at radius 3 is 2.69 bits per heavy atom. The van der Waals surface area contributed by atoms with E-state index in [4.69, 9.17) is 0 Å². The van der Waals surface area contributed by atoms with Crippen LogP contribution in [0.2, 0.25) is 0 Å². The molecule has 3 aromatic carbocycles. The van der Waals surface area contributed by atoms with Gasteiger partial charge in [-0.3, -0.25) is 4.79 Å². The number of allylic oxidation sites excluding steroid dienone is 8. The fraction of sp³-hybridized carbons (Fsp3) is 0.0741. The Bertz CT molecular complexity index is 1310. The van der Waals surface area contributed by atoms with Gasteiger partial charge in [0, 0.05) is 28.1 Å². The lowest BCUT2D eigenvalue weighted by atomic mass is 9.84. The molecular formula is C27H19NO. The number of hydrogen-bond donors (Lipinski definition) is 0. The van der Waals surface area contributed by atoms with E-state index >= 15 is 0 Å². The molecule has 0 spiro atoms. The largest absolute Gasteiger partial charge is 0.313 e. The second kappa shape index (κ2) is 6.18. The number of anilines is 2. The molecule has 0 radical (unpaired) electrons. The van der Waals surface area contributed by atoms with Gasteiger partial charge in [-0.1, -0.05) is 72.8 Å². The number of para-hydroxylation sites is 1. The summed E-state index contributed by atoms with van der Waals surface area (Å²) < 4.78 is 0. The molecule has 2 nitrogen and oxygen atoms in total. The van der Waals surface area contributed by atoms with E-state index in [9.17, 15) is 4.79 Å². The molecule has 3 aliphatic rings. The number of rotatable bonds is 2. The summed E-state index contributed by atoms with van der Waals surface area (Å²) in [5.74, 6) is 0.411. The van der Waals surface area contributed by atoms with Gasteiger partial charge < -0.3 is 4.90 Å². The summed E-state index contributed by atoms with van der Waals surface area (Å²) in [4.78, 5) is 14.1. The highest BCUT2D eigenvalue weighted by Crippen LogP contribution is 2.50. The van der Waals surface area contributed by atoms with Crippen LogP contribution in [-0.4, -0.2) is 6.29 Å². The summed E-state index contributed by atoms with van der Waals surface area (Å²) in [6.45, 7) is 0. The zero-order chi connectivity index (χ0) is 19.4. The van der Waals surface area contributed by atoms with E-state index in [1.807, 2.05) is 6.07 Å². The smallest absolute Gasteiger partial charge is 0.150 e. The zero-order valence-corrected chi connectivity index (χ0v) is 15.9. The van der Waals surface area contributed by atoms with Crippen molar-refractivity contribution < 1.29 is 4.79 Å². The van der Waals surface area contributed by atoms with Crippen molar-refractivity contribution in [2.75, 3.05) is 4.90 Å². The van der Waals surface area contributed by atoms with E-state index in [2.05, 4.69) is 89.9 Å². The molecule has 1 unspecified atom stereocenters. The molecule has 0 saturated carbocycles. The monoisotopic (exact) mass is 373 g/mol. The lowest BCUT2D eigenvalue weighted by Crippen LogP contribution is -2.23. The second-order valence-electron chi connectivity index (χ2n) is 7.75. The Hall–Kier alpha value is -3.65. The minimum atomic E-state index is 0.411. The molecule has 138 valence electrons. The summed E-state index contributed by atoms with van der Waals surface area (Å²) in [6.07, 6.45) is 15.1. The molecule has 0 fully saturated rings. The van der Waals surface area contributed by atoms with Crippen LogP contribution in [0.15, 0.2) is 102 Å². The van der Waals surface area contributed by atoms with Crippen LogP contribution in [0.1, 0.15) is 16.8 Å². The highest BCUT2D eigenvalue weighted by Gasteiger charge is 2.29. The van der Waals surface area contributed by atoms with Crippen molar-refractivity contribution in [3.63, 3.8) is 0 Å². The first-order valence-corrected chi connectivity index (χ1v) is 10.0. The number of aldehydes is 1. The van der Waals surface area contributed by atoms with E-state index in [0.717, 1.165) is 34.7 Å². The number of carbonyl (C=O) groups excluding carboxylic acids is 1. The summed E-state index contributed by atoms with van der Waals surface area (Å²) in [5, 5.41) is 2.17. The maximum atomic E-state index is 11.7. The highest BCUT2D eigenvalue weighted by atomic mass is 16.1. The van der Waals surface area contributed by atoms with Crippen molar-refractivity contribution >= 4 is 28.4 Å². The molecule has 1 heterocycles. The van der Waals surface area contributed by atoms with Crippen molar-refractivity contribution in [3.8, 4) is 11.1 Å². The fourth-order valence-corrected chi connectivity index (χ4v) is 4.88. The van der Waals surface area contributed by atoms with E-state index in [-0.39, 0.29) is 0 Å². The number of fused-ring (bicyclic) bond motifs is 3. The van der Waals surface area contributed by atoms with Crippen molar-refractivity contribution in [3.05, 3.63) is 108 Å². The van der Waals surface area contributed by atoms with Crippen molar-refractivity contribution in [2.45, 2.75) is 6.42 Å². The van der Waals surface area contributed by atoms with Crippen LogP contribution >= 0.6 is 0 Å². The van der Waals surface area contributed by atoms with Crippen LogP contribution < -0.4 is 4.90 Å². The van der Waals surface area contributed by atoms with Gasteiger partial charge in [0.25, 0.3) is 0 Å². The van der Waals surface area contributed by atoms with Crippen LogP contribution in [0.4, 0.5) is 11.4 Å². The molecule has 1 aliphatic heterocycles. The van der Waals surface area contributed by atoms with Gasteiger partial charge in [-0.05, 0) is 41.2 Å². The Morgan fingerprint density at radius 1 is 0.862 bits per heavy atom. The first kappa shape index (κ1) is 16.3. The van der Waals surface area contributed by atoms with Crippen LogP contribution in [0.5, 0.6) is 0 Å². The topological polar surface area (TPSA) is 20.3 Å². The first-order chi connectivity index (χ1) is 14.3. The Kier molecular flexibility index (Phi) is 3.48. The molecule has 6 rings (SSSR count). The Labute approximate surface area is 169 Å². The predicted molar refractivity (Wildman–Crippen MR) is 119 cm³/mol. The normalized spacial score (nSPS) is 18.8. The Balaban J connectivity index is 1.65. The first-order valence-electron chi connectivity index (χ1n) is 10.0. The predicted octanol–water partition coefficient (Wildman–Crippen LogP) is 6.73. The molecule has 0 N–H and O–H groups in total. The van der Waals surface area contributed by atoms with E-state index in [0.29, 0.717) is 5.92 Å². The standard InChI is InChI=1S/C27H19NO/c29-17-20-13-15-24-23-8-3-4-10-25(23)28(26-11-5-9-22(20)27(24)26)21-14-12-18-6-1-2-7-19(18)16-21/h1-15,17,19H,16H2. The average molecular weight is 373 g/mol. The number of nitrogens with zero attached hydrogens (tertiary/aromatic N) is 1. The number of benzene rings is 3. The summed E-state index contributed by atoms with van der Waals surface area (Å²) in [6, 6.07) is 18.9. The van der Waals surface area contributed by atoms with E-state index in [1.54, 1.807) is 0 Å². The summed E-state index contributed by atoms with van der Waals surface area (Å²) in [5.41, 5.74) is 8.14. The van der Waals surface area contributed by atoms with Crippen LogP contribution in [0.3, 0.4) is 0 Å². The molecular weight excluding hydrogens is 354 g/mol. The quantitative estimate of drug-likeness (QED) is 0.464. The maximum Gasteiger partial charge on any atom is 0.150 e. The lowest BCUT2D eigenvalue weighted by Gasteiger charge is -2.37. The van der Waals surface area contributed by atoms with E-state index < -0.39 is 0 Å². The van der Waals surface area contributed by atoms with Gasteiger partial charge >= 0.3 is 0 Å². The van der Waals surface area contributed by atoms with Crippen molar-refractivity contribution in [2.24, 2.45) is 5.92 Å². The molecule has 0 amide bonds. The third-order valence-electron chi connectivity index (χ3n) is 6.21. The molecule has 29 heavy (non-hydrogen) atoms. The van der Waals surface area contributed by atoms with Crippen molar-refractivity contribution in [1.82, 2.24) is 0 Å². The minimum Gasteiger partial charge on any atom is -0.313 e. The molecule has 0 saturated heterocycles. The third kappa shape index (κ3) is 2.32. The molecule has 0 aromatic heterocycles. The van der Waals surface area contributed by atoms with Gasteiger partial charge in [-0.25, -0.2) is 0 Å². The summed E-state index contributed by atoms with van der Waals surface area (Å²) >= 11 is 0. The van der Waals surface area contributed by atoms with Crippen LogP contribution in [0.25, 0.3) is 21.9 Å². The molecule has 2 aliphatic carbocycles. The van der Waals surface area contributed by atoms with Crippen LogP contribution in [-0.2, 0) is 0 Å². The molecule has 3 aromatic rings. The SMILES string of the molecule is O=Cc1ccc2c3c(cccc13)N(C1=CC=C3C=CC=CC3C1)c1ccccc1-2. The highest BCUT2D eigenvalue weighted by molar-refractivity contribution is 6.16.